The smallest absolute Gasteiger partial charge is 0.210 e. The lowest BCUT2D eigenvalue weighted by Gasteiger charge is -2.04. The van der Waals surface area contributed by atoms with Crippen molar-refractivity contribution in [3.8, 4) is 0 Å². The van der Waals surface area contributed by atoms with Crippen molar-refractivity contribution in [2.45, 2.75) is 24.3 Å². The highest BCUT2D eigenvalue weighted by Gasteiger charge is 2.09. The van der Waals surface area contributed by atoms with Crippen LogP contribution in [0.2, 0.25) is 0 Å². The molecule has 1 aromatic carbocycles. The number of thioether (sulfide) groups is 1. The van der Waals surface area contributed by atoms with Gasteiger partial charge in [0.25, 0.3) is 0 Å². The van der Waals surface area contributed by atoms with Gasteiger partial charge in [0.1, 0.15) is 0 Å². The van der Waals surface area contributed by atoms with Crippen molar-refractivity contribution >= 4 is 27.7 Å². The summed E-state index contributed by atoms with van der Waals surface area (Å²) in [6, 6.07) is 8.12. The third kappa shape index (κ3) is 2.81. The first-order chi connectivity index (χ1) is 8.22. The van der Waals surface area contributed by atoms with Gasteiger partial charge in [0.2, 0.25) is 5.16 Å². The molecule has 17 heavy (non-hydrogen) atoms. The summed E-state index contributed by atoms with van der Waals surface area (Å²) in [5.74, 6) is 7.50. The second-order valence-electron chi connectivity index (χ2n) is 3.50. The molecule has 0 spiro atoms. The van der Waals surface area contributed by atoms with Crippen LogP contribution in [0.15, 0.2) is 33.9 Å². The average molecular weight is 313 g/mol. The van der Waals surface area contributed by atoms with E-state index >= 15 is 0 Å². The van der Waals surface area contributed by atoms with E-state index in [2.05, 4.69) is 32.2 Å². The van der Waals surface area contributed by atoms with Crippen LogP contribution in [0.4, 0.5) is 0 Å². The minimum Gasteiger partial charge on any atom is -0.336 e. The van der Waals surface area contributed by atoms with Gasteiger partial charge < -0.3 is 5.84 Å². The number of aryl methyl sites for hydroxylation is 1. The van der Waals surface area contributed by atoms with Crippen molar-refractivity contribution in [3.63, 3.8) is 0 Å². The largest absolute Gasteiger partial charge is 0.336 e. The fourth-order valence-corrected chi connectivity index (χ4v) is 2.89. The van der Waals surface area contributed by atoms with Gasteiger partial charge in [-0.2, -0.15) is 0 Å². The summed E-state index contributed by atoms with van der Waals surface area (Å²) in [7, 11) is 0. The Bertz CT molecular complexity index is 512. The number of aromatic nitrogens is 3. The van der Waals surface area contributed by atoms with Crippen LogP contribution in [0.3, 0.4) is 0 Å². The van der Waals surface area contributed by atoms with E-state index < -0.39 is 0 Å². The number of rotatable bonds is 4. The molecular formula is C11H13BrN4S. The van der Waals surface area contributed by atoms with E-state index in [1.54, 1.807) is 16.4 Å². The fraction of sp³-hybridized carbons (Fsp3) is 0.273. The standard InChI is InChI=1S/C11H13BrN4S/c1-2-10-14-15-11(16(10)13)17-7-8-5-3-4-6-9(8)12/h3-6H,2,7,13H2,1H3. The van der Waals surface area contributed by atoms with Crippen molar-refractivity contribution < 1.29 is 0 Å². The fourth-order valence-electron chi connectivity index (χ4n) is 1.40. The highest BCUT2D eigenvalue weighted by atomic mass is 79.9. The van der Waals surface area contributed by atoms with E-state index in [1.807, 2.05) is 25.1 Å². The van der Waals surface area contributed by atoms with Gasteiger partial charge in [-0.3, -0.25) is 0 Å². The number of hydrogen-bond donors (Lipinski definition) is 1. The van der Waals surface area contributed by atoms with Gasteiger partial charge in [-0.1, -0.05) is 52.8 Å². The molecule has 0 fully saturated rings. The molecule has 90 valence electrons. The SMILES string of the molecule is CCc1nnc(SCc2ccccc2Br)n1N. The predicted octanol–water partition coefficient (Wildman–Crippen LogP) is 2.61. The Morgan fingerprint density at radius 1 is 1.35 bits per heavy atom. The summed E-state index contributed by atoms with van der Waals surface area (Å²) in [5, 5.41) is 8.84. The van der Waals surface area contributed by atoms with Crippen molar-refractivity contribution in [2.75, 3.05) is 5.84 Å². The number of hydrogen-bond acceptors (Lipinski definition) is 4. The first-order valence-corrected chi connectivity index (χ1v) is 7.05. The lowest BCUT2D eigenvalue weighted by atomic mass is 10.2. The minimum atomic E-state index is 0.748. The molecule has 0 bridgehead atoms. The number of nitrogen functional groups attached to an aromatic ring is 1. The molecule has 0 aliphatic rings. The topological polar surface area (TPSA) is 56.7 Å². The molecule has 0 saturated heterocycles. The van der Waals surface area contributed by atoms with Gasteiger partial charge in [0.05, 0.1) is 0 Å². The van der Waals surface area contributed by atoms with E-state index in [4.69, 9.17) is 5.84 Å². The van der Waals surface area contributed by atoms with Gasteiger partial charge in [-0.25, -0.2) is 4.68 Å². The molecule has 0 amide bonds. The van der Waals surface area contributed by atoms with Gasteiger partial charge in [-0.05, 0) is 11.6 Å². The molecule has 2 rings (SSSR count). The van der Waals surface area contributed by atoms with E-state index in [-0.39, 0.29) is 0 Å². The maximum Gasteiger partial charge on any atom is 0.210 e. The van der Waals surface area contributed by atoms with Crippen molar-refractivity contribution in [1.29, 1.82) is 0 Å². The monoisotopic (exact) mass is 312 g/mol. The highest BCUT2D eigenvalue weighted by molar-refractivity contribution is 9.10. The van der Waals surface area contributed by atoms with Gasteiger partial charge >= 0.3 is 0 Å². The molecule has 0 radical (unpaired) electrons. The van der Waals surface area contributed by atoms with Crippen LogP contribution in [0.25, 0.3) is 0 Å². The highest BCUT2D eigenvalue weighted by Crippen LogP contribution is 2.25. The molecule has 2 aromatic rings. The molecule has 0 unspecified atom stereocenters. The predicted molar refractivity (Wildman–Crippen MR) is 73.3 cm³/mol. The molecule has 0 saturated carbocycles. The zero-order chi connectivity index (χ0) is 12.3. The summed E-state index contributed by atoms with van der Waals surface area (Å²) in [6.45, 7) is 2.01. The van der Waals surface area contributed by atoms with Crippen LogP contribution in [-0.2, 0) is 12.2 Å². The Balaban J connectivity index is 2.07. The maximum absolute atomic E-state index is 5.88. The summed E-state index contributed by atoms with van der Waals surface area (Å²) >= 11 is 5.10. The quantitative estimate of drug-likeness (QED) is 0.696. The molecule has 0 aliphatic carbocycles. The Labute approximate surface area is 113 Å². The number of benzene rings is 1. The summed E-state index contributed by atoms with van der Waals surface area (Å²) < 4.78 is 2.66. The summed E-state index contributed by atoms with van der Waals surface area (Å²) in [6.07, 6.45) is 0.791. The van der Waals surface area contributed by atoms with Crippen molar-refractivity contribution in [1.82, 2.24) is 14.9 Å². The zero-order valence-electron chi connectivity index (χ0n) is 9.43. The Kier molecular flexibility index (Phi) is 4.06. The number of halogens is 1. The van der Waals surface area contributed by atoms with Gasteiger partial charge in [0.15, 0.2) is 5.82 Å². The van der Waals surface area contributed by atoms with E-state index in [1.165, 1.54) is 5.56 Å². The van der Waals surface area contributed by atoms with Crippen molar-refractivity contribution in [2.24, 2.45) is 0 Å². The van der Waals surface area contributed by atoms with Crippen LogP contribution in [0, 0.1) is 0 Å². The molecule has 0 atom stereocenters. The normalized spacial score (nSPS) is 10.7. The van der Waals surface area contributed by atoms with Crippen LogP contribution < -0.4 is 5.84 Å². The Morgan fingerprint density at radius 3 is 2.76 bits per heavy atom. The van der Waals surface area contributed by atoms with Gasteiger partial charge in [0, 0.05) is 16.6 Å². The number of nitrogens with two attached hydrogens (primary N) is 1. The van der Waals surface area contributed by atoms with E-state index in [9.17, 15) is 0 Å². The minimum absolute atomic E-state index is 0.748. The first-order valence-electron chi connectivity index (χ1n) is 5.28. The van der Waals surface area contributed by atoms with Crippen LogP contribution in [0.5, 0.6) is 0 Å². The van der Waals surface area contributed by atoms with E-state index in [0.29, 0.717) is 0 Å². The van der Waals surface area contributed by atoms with Gasteiger partial charge in [-0.15, -0.1) is 10.2 Å². The molecule has 6 heteroatoms. The second kappa shape index (κ2) is 5.55. The lowest BCUT2D eigenvalue weighted by molar-refractivity contribution is 0.796. The van der Waals surface area contributed by atoms with Crippen LogP contribution in [0.1, 0.15) is 18.3 Å². The van der Waals surface area contributed by atoms with Crippen LogP contribution >= 0.6 is 27.7 Å². The molecular weight excluding hydrogens is 300 g/mol. The number of nitrogens with zero attached hydrogens (tertiary/aromatic N) is 3. The first kappa shape index (κ1) is 12.4. The molecule has 0 aliphatic heterocycles. The Hall–Kier alpha value is -1.01. The summed E-state index contributed by atoms with van der Waals surface area (Å²) in [5.41, 5.74) is 1.22. The molecule has 1 heterocycles. The zero-order valence-corrected chi connectivity index (χ0v) is 11.8. The van der Waals surface area contributed by atoms with Crippen LogP contribution in [-0.4, -0.2) is 14.9 Å². The second-order valence-corrected chi connectivity index (χ2v) is 5.30. The third-order valence-electron chi connectivity index (χ3n) is 2.37. The average Bonchev–Trinajstić information content (AvgIpc) is 2.69. The van der Waals surface area contributed by atoms with E-state index in [0.717, 1.165) is 27.6 Å². The molecule has 2 N–H and O–H groups in total. The molecule has 4 nitrogen and oxygen atoms in total. The third-order valence-corrected chi connectivity index (χ3v) is 4.13. The summed E-state index contributed by atoms with van der Waals surface area (Å²) in [4.78, 5) is 0. The Morgan fingerprint density at radius 2 is 2.12 bits per heavy atom. The maximum atomic E-state index is 5.88. The molecule has 1 aromatic heterocycles. The van der Waals surface area contributed by atoms with Crippen molar-refractivity contribution in [3.05, 3.63) is 40.1 Å². The lowest BCUT2D eigenvalue weighted by Crippen LogP contribution is -2.13.